The minimum Gasteiger partial charge on any atom is -0.488 e. The van der Waals surface area contributed by atoms with Crippen molar-refractivity contribution in [3.63, 3.8) is 0 Å². The molecule has 0 saturated carbocycles. The normalized spacial score (nSPS) is 13.5. The van der Waals surface area contributed by atoms with Gasteiger partial charge in [0.1, 0.15) is 12.4 Å². The average Bonchev–Trinajstić information content (AvgIpc) is 2.98. The Hall–Kier alpha value is -3.93. The van der Waals surface area contributed by atoms with Crippen LogP contribution in [0.5, 0.6) is 5.75 Å². The van der Waals surface area contributed by atoms with Crippen molar-refractivity contribution in [3.05, 3.63) is 137 Å². The Balaban J connectivity index is 1.52. The van der Waals surface area contributed by atoms with Crippen molar-refractivity contribution in [2.45, 2.75) is 51.5 Å². The van der Waals surface area contributed by atoms with E-state index in [-0.39, 0.29) is 17.6 Å². The van der Waals surface area contributed by atoms with E-state index in [1.807, 2.05) is 60.7 Å². The number of ether oxygens (including phenoxy) is 1. The summed E-state index contributed by atoms with van der Waals surface area (Å²) in [5, 5.41) is 11.4. The van der Waals surface area contributed by atoms with Gasteiger partial charge in [-0.25, -0.2) is 0 Å². The number of aryl methyl sites for hydroxylation is 1. The number of hydrogen-bond acceptors (Lipinski definition) is 4. The Morgan fingerprint density at radius 1 is 0.821 bits per heavy atom. The molecule has 3 atom stereocenters. The second kappa shape index (κ2) is 13.7. The molecule has 39 heavy (non-hydrogen) atoms. The number of rotatable bonds is 13. The highest BCUT2D eigenvalue weighted by atomic mass is 16.5. The van der Waals surface area contributed by atoms with Crippen LogP contribution >= 0.6 is 0 Å². The van der Waals surface area contributed by atoms with Gasteiger partial charge in [-0.3, -0.25) is 9.69 Å². The smallest absolute Gasteiger partial charge is 0.252 e. The van der Waals surface area contributed by atoms with Gasteiger partial charge in [0.2, 0.25) is 0 Å². The van der Waals surface area contributed by atoms with E-state index >= 15 is 0 Å². The largest absolute Gasteiger partial charge is 0.488 e. The second-order valence-electron chi connectivity index (χ2n) is 10.1. The van der Waals surface area contributed by atoms with Crippen molar-refractivity contribution < 1.29 is 14.6 Å². The fourth-order valence-electron chi connectivity index (χ4n) is 4.94. The number of hydrogen-bond donors (Lipinski definition) is 2. The molecule has 0 fully saturated rings. The zero-order valence-electron chi connectivity index (χ0n) is 22.7. The molecular weight excluding hydrogens is 484 g/mol. The summed E-state index contributed by atoms with van der Waals surface area (Å²) in [5.41, 5.74) is 10.1. The Morgan fingerprint density at radius 2 is 1.41 bits per heavy atom. The summed E-state index contributed by atoms with van der Waals surface area (Å²) in [6.45, 7) is 5.12. The fraction of sp³-hybridized carbons (Fsp3) is 0.265. The molecule has 202 valence electrons. The Morgan fingerprint density at radius 3 is 2.03 bits per heavy atom. The number of nitrogens with zero attached hydrogens (tertiary/aromatic N) is 1. The van der Waals surface area contributed by atoms with E-state index in [9.17, 15) is 9.90 Å². The second-order valence-corrected chi connectivity index (χ2v) is 10.1. The van der Waals surface area contributed by atoms with Crippen LogP contribution in [0.15, 0.2) is 109 Å². The Kier molecular flexibility index (Phi) is 9.90. The van der Waals surface area contributed by atoms with Crippen LogP contribution in [0.3, 0.4) is 0 Å². The number of benzene rings is 4. The molecule has 3 N–H and O–H groups in total. The van der Waals surface area contributed by atoms with Gasteiger partial charge in [0.15, 0.2) is 0 Å². The van der Waals surface area contributed by atoms with Crippen molar-refractivity contribution >= 4 is 5.91 Å². The van der Waals surface area contributed by atoms with Gasteiger partial charge in [-0.05, 0) is 61.1 Å². The molecular formula is C34H38N2O3. The van der Waals surface area contributed by atoms with Gasteiger partial charge in [0.05, 0.1) is 11.7 Å². The average molecular weight is 523 g/mol. The molecule has 0 radical (unpaired) electrons. The predicted octanol–water partition coefficient (Wildman–Crippen LogP) is 6.48. The first-order valence-electron chi connectivity index (χ1n) is 13.6. The maximum Gasteiger partial charge on any atom is 0.252 e. The Labute approximate surface area is 231 Å². The number of aliphatic hydroxyl groups is 1. The molecule has 4 aromatic rings. The van der Waals surface area contributed by atoms with E-state index in [1.54, 1.807) is 12.1 Å². The highest BCUT2D eigenvalue weighted by Crippen LogP contribution is 2.30. The number of primary amides is 1. The van der Waals surface area contributed by atoms with Crippen molar-refractivity contribution in [1.29, 1.82) is 0 Å². The van der Waals surface area contributed by atoms with Gasteiger partial charge in [0, 0.05) is 18.6 Å². The molecule has 1 amide bonds. The molecule has 0 aliphatic carbocycles. The van der Waals surface area contributed by atoms with Gasteiger partial charge in [-0.15, -0.1) is 0 Å². The lowest BCUT2D eigenvalue weighted by molar-refractivity contribution is 0.0622. The van der Waals surface area contributed by atoms with Gasteiger partial charge in [-0.1, -0.05) is 97.1 Å². The highest BCUT2D eigenvalue weighted by Gasteiger charge is 2.25. The summed E-state index contributed by atoms with van der Waals surface area (Å²) in [6, 6.07) is 36.1. The van der Waals surface area contributed by atoms with E-state index in [4.69, 9.17) is 10.5 Å². The molecule has 5 heteroatoms. The third kappa shape index (κ3) is 7.79. The van der Waals surface area contributed by atoms with Crippen molar-refractivity contribution in [3.8, 4) is 5.75 Å². The first kappa shape index (κ1) is 28.1. The van der Waals surface area contributed by atoms with E-state index in [1.165, 1.54) is 11.1 Å². The van der Waals surface area contributed by atoms with Crippen LogP contribution in [-0.4, -0.2) is 28.5 Å². The fourth-order valence-corrected chi connectivity index (χ4v) is 4.94. The minimum atomic E-state index is -0.809. The summed E-state index contributed by atoms with van der Waals surface area (Å²) in [5.74, 6) is -0.175. The minimum absolute atomic E-state index is 0.0933. The lowest BCUT2D eigenvalue weighted by Crippen LogP contribution is -2.39. The number of carbonyl (C=O) groups is 1. The standard InChI is InChI=1S/C34H38N2O3/c1-25(18-19-27-12-6-3-7-13-27)36(26(2)29-16-10-5-11-17-29)23-32(37)30-20-21-33(31(22-30)34(35)38)39-24-28-14-8-4-9-15-28/h3-17,20-22,25-26,32,37H,18-19,23-24H2,1-2H3,(H2,35,38). The van der Waals surface area contributed by atoms with Gasteiger partial charge in [0.25, 0.3) is 5.91 Å². The van der Waals surface area contributed by atoms with E-state index < -0.39 is 12.0 Å². The summed E-state index contributed by atoms with van der Waals surface area (Å²) in [7, 11) is 0. The van der Waals surface area contributed by atoms with E-state index in [0.717, 1.165) is 18.4 Å². The zero-order chi connectivity index (χ0) is 27.6. The molecule has 0 spiro atoms. The van der Waals surface area contributed by atoms with Crippen LogP contribution in [-0.2, 0) is 13.0 Å². The molecule has 0 heterocycles. The zero-order valence-corrected chi connectivity index (χ0v) is 22.7. The lowest BCUT2D eigenvalue weighted by Gasteiger charge is -2.36. The number of carbonyl (C=O) groups excluding carboxylic acids is 1. The maximum absolute atomic E-state index is 12.3. The highest BCUT2D eigenvalue weighted by molar-refractivity contribution is 5.95. The van der Waals surface area contributed by atoms with E-state index in [0.29, 0.717) is 24.5 Å². The summed E-state index contributed by atoms with van der Waals surface area (Å²) in [4.78, 5) is 14.6. The SMILES string of the molecule is CC(CCc1ccccc1)N(CC(O)c1ccc(OCc2ccccc2)c(C(N)=O)c1)C(C)c1ccccc1. The van der Waals surface area contributed by atoms with Crippen LogP contribution in [0.2, 0.25) is 0 Å². The molecule has 0 aliphatic heterocycles. The molecule has 4 rings (SSSR count). The van der Waals surface area contributed by atoms with Gasteiger partial charge >= 0.3 is 0 Å². The number of nitrogens with two attached hydrogens (primary N) is 1. The van der Waals surface area contributed by atoms with Crippen molar-refractivity contribution in [2.24, 2.45) is 5.73 Å². The molecule has 3 unspecified atom stereocenters. The molecule has 4 aromatic carbocycles. The molecule has 0 aromatic heterocycles. The van der Waals surface area contributed by atoms with Gasteiger partial charge in [-0.2, -0.15) is 0 Å². The topological polar surface area (TPSA) is 75.8 Å². The molecule has 0 saturated heterocycles. The molecule has 0 bridgehead atoms. The first-order chi connectivity index (χ1) is 18.9. The Bertz CT molecular complexity index is 1310. The van der Waals surface area contributed by atoms with Crippen molar-refractivity contribution in [2.75, 3.05) is 6.54 Å². The quantitative estimate of drug-likeness (QED) is 0.211. The third-order valence-corrected chi connectivity index (χ3v) is 7.31. The monoisotopic (exact) mass is 522 g/mol. The van der Waals surface area contributed by atoms with Crippen LogP contribution in [0, 0.1) is 0 Å². The lowest BCUT2D eigenvalue weighted by atomic mass is 9.98. The summed E-state index contributed by atoms with van der Waals surface area (Å²) in [6.07, 6.45) is 1.10. The first-order valence-corrected chi connectivity index (χ1v) is 13.6. The number of amides is 1. The molecule has 5 nitrogen and oxygen atoms in total. The van der Waals surface area contributed by atoms with Gasteiger partial charge < -0.3 is 15.6 Å². The summed E-state index contributed by atoms with van der Waals surface area (Å²) >= 11 is 0. The predicted molar refractivity (Wildman–Crippen MR) is 156 cm³/mol. The third-order valence-electron chi connectivity index (χ3n) is 7.31. The van der Waals surface area contributed by atoms with Crippen LogP contribution < -0.4 is 10.5 Å². The van der Waals surface area contributed by atoms with Crippen molar-refractivity contribution in [1.82, 2.24) is 4.90 Å². The number of aliphatic hydroxyl groups excluding tert-OH is 1. The van der Waals surface area contributed by atoms with E-state index in [2.05, 4.69) is 55.1 Å². The molecule has 0 aliphatic rings. The maximum atomic E-state index is 12.3. The van der Waals surface area contributed by atoms with Crippen LogP contribution in [0.4, 0.5) is 0 Å². The van der Waals surface area contributed by atoms with Crippen LogP contribution in [0.1, 0.15) is 65.0 Å². The van der Waals surface area contributed by atoms with Crippen LogP contribution in [0.25, 0.3) is 0 Å². The summed E-state index contributed by atoms with van der Waals surface area (Å²) < 4.78 is 5.92.